The lowest BCUT2D eigenvalue weighted by atomic mass is 10.1. The highest BCUT2D eigenvalue weighted by Crippen LogP contribution is 2.37. The molecule has 0 radical (unpaired) electrons. The number of aromatic nitrogens is 1. The Hall–Kier alpha value is -1.05. The van der Waals surface area contributed by atoms with Gasteiger partial charge >= 0.3 is 0 Å². The molecule has 2 rings (SSSR count). The van der Waals surface area contributed by atoms with Crippen LogP contribution in [0.4, 0.5) is 0 Å². The Balaban J connectivity index is 2.18. The van der Waals surface area contributed by atoms with E-state index in [1.165, 1.54) is 18.5 Å². The molecule has 0 amide bonds. The first-order valence-corrected chi connectivity index (χ1v) is 5.75. The third-order valence-corrected chi connectivity index (χ3v) is 3.64. The summed E-state index contributed by atoms with van der Waals surface area (Å²) < 4.78 is 2.28. The van der Waals surface area contributed by atoms with E-state index in [2.05, 4.69) is 18.4 Å². The Morgan fingerprint density at radius 3 is 2.67 bits per heavy atom. The first-order chi connectivity index (χ1) is 7.13. The highest BCUT2D eigenvalue weighted by atomic mass is 16.1. The van der Waals surface area contributed by atoms with Gasteiger partial charge in [-0.15, -0.1) is 0 Å². The van der Waals surface area contributed by atoms with Gasteiger partial charge in [0.1, 0.15) is 0 Å². The second-order valence-corrected chi connectivity index (χ2v) is 4.87. The maximum absolute atomic E-state index is 10.8. The molecule has 82 valence electrons. The van der Waals surface area contributed by atoms with E-state index in [-0.39, 0.29) is 0 Å². The van der Waals surface area contributed by atoms with Crippen LogP contribution < -0.4 is 0 Å². The molecule has 15 heavy (non-hydrogen) atoms. The quantitative estimate of drug-likeness (QED) is 0.693. The van der Waals surface area contributed by atoms with E-state index < -0.39 is 0 Å². The number of hydrogen-bond acceptors (Lipinski definition) is 1. The summed E-state index contributed by atoms with van der Waals surface area (Å²) >= 11 is 0. The first kappa shape index (κ1) is 10.5. The first-order valence-electron chi connectivity index (χ1n) is 5.75. The van der Waals surface area contributed by atoms with Gasteiger partial charge in [-0.3, -0.25) is 4.79 Å². The predicted molar refractivity (Wildman–Crippen MR) is 61.2 cm³/mol. The number of carbonyl (C=O) groups is 1. The fourth-order valence-electron chi connectivity index (χ4n) is 2.33. The lowest BCUT2D eigenvalue weighted by molar-refractivity contribution is 0.112. The van der Waals surface area contributed by atoms with E-state index in [1.807, 2.05) is 13.0 Å². The molecule has 1 unspecified atom stereocenters. The summed E-state index contributed by atoms with van der Waals surface area (Å²) in [5.74, 6) is 1.67. The molecule has 1 saturated carbocycles. The lowest BCUT2D eigenvalue weighted by Crippen LogP contribution is -2.12. The zero-order valence-corrected chi connectivity index (χ0v) is 9.79. The molecule has 0 saturated heterocycles. The van der Waals surface area contributed by atoms with Crippen LogP contribution >= 0.6 is 0 Å². The molecule has 0 spiro atoms. The van der Waals surface area contributed by atoms with Crippen molar-refractivity contribution in [3.63, 3.8) is 0 Å². The largest absolute Gasteiger partial charge is 0.348 e. The number of nitrogens with zero attached hydrogens (tertiary/aromatic N) is 1. The molecule has 0 aliphatic heterocycles. The Bertz CT molecular complexity index is 374. The summed E-state index contributed by atoms with van der Waals surface area (Å²) in [5.41, 5.74) is 3.17. The summed E-state index contributed by atoms with van der Waals surface area (Å²) in [6.45, 7) is 7.50. The molecule has 2 heteroatoms. The molecule has 0 aromatic carbocycles. The van der Waals surface area contributed by atoms with Crippen LogP contribution in [0.2, 0.25) is 0 Å². The zero-order chi connectivity index (χ0) is 11.0. The van der Waals surface area contributed by atoms with Crippen LogP contribution in [-0.4, -0.2) is 10.9 Å². The van der Waals surface area contributed by atoms with Crippen molar-refractivity contribution in [2.75, 3.05) is 0 Å². The van der Waals surface area contributed by atoms with Crippen molar-refractivity contribution >= 4 is 6.29 Å². The normalized spacial score (nSPS) is 17.8. The van der Waals surface area contributed by atoms with E-state index in [0.717, 1.165) is 35.9 Å². The molecule has 0 bridgehead atoms. The van der Waals surface area contributed by atoms with E-state index in [9.17, 15) is 4.79 Å². The van der Waals surface area contributed by atoms with E-state index >= 15 is 0 Å². The smallest absolute Gasteiger partial charge is 0.151 e. The second kappa shape index (κ2) is 3.84. The molecule has 1 aromatic rings. The van der Waals surface area contributed by atoms with Crippen LogP contribution in [0.25, 0.3) is 0 Å². The maximum Gasteiger partial charge on any atom is 0.151 e. The molecule has 1 atom stereocenters. The van der Waals surface area contributed by atoms with E-state index in [0.29, 0.717) is 0 Å². The third kappa shape index (κ3) is 1.99. The number of rotatable bonds is 4. The minimum absolute atomic E-state index is 0.745. The molecule has 1 aromatic heterocycles. The van der Waals surface area contributed by atoms with Crippen LogP contribution in [0, 0.1) is 25.7 Å². The fraction of sp³-hybridized carbons (Fsp3) is 0.615. The number of carbonyl (C=O) groups excluding carboxylic acids is 1. The van der Waals surface area contributed by atoms with Crippen molar-refractivity contribution < 1.29 is 4.79 Å². The van der Waals surface area contributed by atoms with Gasteiger partial charge < -0.3 is 4.57 Å². The molecule has 2 nitrogen and oxygen atoms in total. The Labute approximate surface area is 91.3 Å². The van der Waals surface area contributed by atoms with E-state index in [4.69, 9.17) is 0 Å². The van der Waals surface area contributed by atoms with Crippen LogP contribution in [-0.2, 0) is 6.54 Å². The Morgan fingerprint density at radius 2 is 2.20 bits per heavy atom. The van der Waals surface area contributed by atoms with Gasteiger partial charge in [-0.25, -0.2) is 0 Å². The molecule has 0 N–H and O–H groups in total. The number of aldehydes is 1. The van der Waals surface area contributed by atoms with Gasteiger partial charge in [0.2, 0.25) is 0 Å². The SMILES string of the molecule is Cc1cc(C=O)c(C)n1CC(C)C1CC1. The van der Waals surface area contributed by atoms with Gasteiger partial charge in [-0.2, -0.15) is 0 Å². The summed E-state index contributed by atoms with van der Waals surface area (Å²) in [7, 11) is 0. The molecular weight excluding hydrogens is 186 g/mol. The van der Waals surface area contributed by atoms with Crippen molar-refractivity contribution in [2.45, 2.75) is 40.2 Å². The Morgan fingerprint density at radius 1 is 1.53 bits per heavy atom. The number of aryl methyl sites for hydroxylation is 1. The molecule has 1 heterocycles. The second-order valence-electron chi connectivity index (χ2n) is 4.87. The topological polar surface area (TPSA) is 22.0 Å². The standard InChI is InChI=1S/C13H19NO/c1-9(12-4-5-12)7-14-10(2)6-13(8-15)11(14)3/h6,8-9,12H,4-5,7H2,1-3H3. The third-order valence-electron chi connectivity index (χ3n) is 3.64. The van der Waals surface area contributed by atoms with Gasteiger partial charge in [0.15, 0.2) is 6.29 Å². The fourth-order valence-corrected chi connectivity index (χ4v) is 2.33. The van der Waals surface area contributed by atoms with Crippen molar-refractivity contribution in [3.8, 4) is 0 Å². The van der Waals surface area contributed by atoms with Gasteiger partial charge in [-0.05, 0) is 44.6 Å². The highest BCUT2D eigenvalue weighted by Gasteiger charge is 2.28. The summed E-state index contributed by atoms with van der Waals surface area (Å²) in [4.78, 5) is 10.8. The van der Waals surface area contributed by atoms with Crippen LogP contribution in [0.3, 0.4) is 0 Å². The van der Waals surface area contributed by atoms with Crippen LogP contribution in [0.5, 0.6) is 0 Å². The minimum Gasteiger partial charge on any atom is -0.348 e. The monoisotopic (exact) mass is 205 g/mol. The lowest BCUT2D eigenvalue weighted by Gasteiger charge is -2.15. The van der Waals surface area contributed by atoms with Gasteiger partial charge in [0.25, 0.3) is 0 Å². The molecular formula is C13H19NO. The van der Waals surface area contributed by atoms with Crippen molar-refractivity contribution in [1.29, 1.82) is 0 Å². The van der Waals surface area contributed by atoms with Gasteiger partial charge in [0, 0.05) is 23.5 Å². The average molecular weight is 205 g/mol. The zero-order valence-electron chi connectivity index (χ0n) is 9.79. The Kier molecular flexibility index (Phi) is 2.68. The molecule has 1 fully saturated rings. The van der Waals surface area contributed by atoms with E-state index in [1.54, 1.807) is 0 Å². The van der Waals surface area contributed by atoms with Crippen molar-refractivity contribution in [2.24, 2.45) is 11.8 Å². The van der Waals surface area contributed by atoms with Crippen molar-refractivity contribution in [3.05, 3.63) is 23.0 Å². The number of hydrogen-bond donors (Lipinski definition) is 0. The summed E-state index contributed by atoms with van der Waals surface area (Å²) in [5, 5.41) is 0. The van der Waals surface area contributed by atoms with Crippen LogP contribution in [0.1, 0.15) is 41.5 Å². The molecule has 1 aliphatic rings. The van der Waals surface area contributed by atoms with Gasteiger partial charge in [-0.1, -0.05) is 6.92 Å². The van der Waals surface area contributed by atoms with Crippen LogP contribution in [0.15, 0.2) is 6.07 Å². The summed E-state index contributed by atoms with van der Waals surface area (Å²) in [6.07, 6.45) is 3.74. The van der Waals surface area contributed by atoms with Gasteiger partial charge in [0.05, 0.1) is 0 Å². The highest BCUT2D eigenvalue weighted by molar-refractivity contribution is 5.77. The minimum atomic E-state index is 0.745. The summed E-state index contributed by atoms with van der Waals surface area (Å²) in [6, 6.07) is 1.99. The van der Waals surface area contributed by atoms with Crippen molar-refractivity contribution in [1.82, 2.24) is 4.57 Å². The predicted octanol–water partition coefficient (Wildman–Crippen LogP) is 2.96. The molecule has 1 aliphatic carbocycles. The maximum atomic E-state index is 10.8. The average Bonchev–Trinajstić information content (AvgIpc) is 3.00.